The average molecular weight is 416 g/mol. The van der Waals surface area contributed by atoms with Crippen molar-refractivity contribution in [2.45, 2.75) is 26.3 Å². The molecule has 1 atom stereocenters. The lowest BCUT2D eigenvalue weighted by Crippen LogP contribution is -2.16. The van der Waals surface area contributed by atoms with Gasteiger partial charge in [-0.1, -0.05) is 35.3 Å². The molecule has 0 aliphatic carbocycles. The van der Waals surface area contributed by atoms with Gasteiger partial charge < -0.3 is 5.32 Å². The lowest BCUT2D eigenvalue weighted by molar-refractivity contribution is 0.0976. The first-order valence-electron chi connectivity index (χ1n) is 8.91. The molecule has 3 aromatic carbocycles. The van der Waals surface area contributed by atoms with Gasteiger partial charge in [-0.25, -0.2) is 4.39 Å². The summed E-state index contributed by atoms with van der Waals surface area (Å²) in [5.41, 5.74) is 4.57. The number of carbonyl (C=O) groups excluding carboxylic acids is 1. The van der Waals surface area contributed by atoms with Crippen LogP contribution in [-0.4, -0.2) is 5.78 Å². The van der Waals surface area contributed by atoms with Crippen LogP contribution in [0, 0.1) is 19.7 Å². The fraction of sp³-hybridized carbons (Fsp3) is 0.174. The summed E-state index contributed by atoms with van der Waals surface area (Å²) >= 11 is 12.2. The summed E-state index contributed by atoms with van der Waals surface area (Å²) in [5.74, 6) is -0.460. The Bertz CT molecular complexity index is 1000. The van der Waals surface area contributed by atoms with Crippen LogP contribution < -0.4 is 5.32 Å². The first-order chi connectivity index (χ1) is 13.3. The Hall–Kier alpha value is -2.36. The van der Waals surface area contributed by atoms with Crippen LogP contribution in [0.15, 0.2) is 60.7 Å². The van der Waals surface area contributed by atoms with E-state index in [0.717, 1.165) is 16.8 Å². The Labute approximate surface area is 174 Å². The van der Waals surface area contributed by atoms with Crippen molar-refractivity contribution < 1.29 is 9.18 Å². The number of rotatable bonds is 6. The summed E-state index contributed by atoms with van der Waals surface area (Å²) in [6.45, 7) is 4.09. The van der Waals surface area contributed by atoms with Gasteiger partial charge >= 0.3 is 0 Å². The van der Waals surface area contributed by atoms with Crippen molar-refractivity contribution in [3.63, 3.8) is 0 Å². The average Bonchev–Trinajstić information content (AvgIpc) is 2.67. The van der Waals surface area contributed by atoms with Gasteiger partial charge in [0.1, 0.15) is 5.82 Å². The number of hydrogen-bond acceptors (Lipinski definition) is 2. The maximum Gasteiger partial charge on any atom is 0.165 e. The molecule has 144 valence electrons. The van der Waals surface area contributed by atoms with E-state index in [1.54, 1.807) is 12.1 Å². The van der Waals surface area contributed by atoms with E-state index < -0.39 is 0 Å². The van der Waals surface area contributed by atoms with Crippen molar-refractivity contribution in [1.82, 2.24) is 0 Å². The summed E-state index contributed by atoms with van der Waals surface area (Å²) < 4.78 is 13.2. The van der Waals surface area contributed by atoms with Gasteiger partial charge in [0.25, 0.3) is 0 Å². The highest BCUT2D eigenvalue weighted by atomic mass is 35.5. The normalized spacial score (nSPS) is 11.9. The molecular formula is C23H20Cl2FNO. The molecular weight excluding hydrogens is 396 g/mol. The molecule has 0 saturated carbocycles. The molecule has 0 fully saturated rings. The summed E-state index contributed by atoms with van der Waals surface area (Å²) in [6.07, 6.45) is 0.191. The third kappa shape index (κ3) is 4.92. The van der Waals surface area contributed by atoms with Crippen molar-refractivity contribution in [3.8, 4) is 0 Å². The molecule has 5 heteroatoms. The number of ketones is 1. The topological polar surface area (TPSA) is 29.1 Å². The van der Waals surface area contributed by atoms with Gasteiger partial charge in [0.05, 0.1) is 16.1 Å². The number of halogens is 3. The van der Waals surface area contributed by atoms with Crippen molar-refractivity contribution in [2.75, 3.05) is 5.32 Å². The minimum atomic E-state index is -0.370. The van der Waals surface area contributed by atoms with Crippen molar-refractivity contribution in [2.24, 2.45) is 0 Å². The minimum Gasteiger partial charge on any atom is -0.378 e. The second-order valence-corrected chi connectivity index (χ2v) is 7.62. The molecule has 0 aliphatic heterocycles. The van der Waals surface area contributed by atoms with E-state index in [2.05, 4.69) is 5.32 Å². The molecule has 28 heavy (non-hydrogen) atoms. The summed E-state index contributed by atoms with van der Waals surface area (Å²) in [7, 11) is 0. The molecule has 0 spiro atoms. The van der Waals surface area contributed by atoms with Gasteiger partial charge in [0, 0.05) is 17.7 Å². The second kappa shape index (κ2) is 8.76. The number of carbonyl (C=O) groups is 1. The largest absolute Gasteiger partial charge is 0.378 e. The third-order valence-electron chi connectivity index (χ3n) is 4.75. The van der Waals surface area contributed by atoms with E-state index in [9.17, 15) is 9.18 Å². The molecule has 0 saturated heterocycles. The lowest BCUT2D eigenvalue weighted by Gasteiger charge is -2.21. The fourth-order valence-electron chi connectivity index (χ4n) is 2.95. The van der Waals surface area contributed by atoms with Gasteiger partial charge in [0.15, 0.2) is 5.78 Å². The second-order valence-electron chi connectivity index (χ2n) is 6.80. The molecule has 0 bridgehead atoms. The fourth-order valence-corrected chi connectivity index (χ4v) is 3.26. The Morgan fingerprint density at radius 2 is 1.64 bits per heavy atom. The quantitative estimate of drug-likeness (QED) is 0.432. The van der Waals surface area contributed by atoms with Crippen LogP contribution in [0.5, 0.6) is 0 Å². The van der Waals surface area contributed by atoms with Gasteiger partial charge in [-0.2, -0.15) is 0 Å². The highest BCUT2D eigenvalue weighted by Gasteiger charge is 2.19. The third-order valence-corrected chi connectivity index (χ3v) is 5.49. The van der Waals surface area contributed by atoms with Crippen molar-refractivity contribution in [3.05, 3.63) is 98.8 Å². The summed E-state index contributed by atoms with van der Waals surface area (Å²) in [5, 5.41) is 4.31. The zero-order valence-electron chi connectivity index (χ0n) is 15.6. The van der Waals surface area contributed by atoms with Crippen molar-refractivity contribution in [1.29, 1.82) is 0 Å². The van der Waals surface area contributed by atoms with E-state index in [0.29, 0.717) is 15.6 Å². The summed E-state index contributed by atoms with van der Waals surface area (Å²) in [6, 6.07) is 16.7. The number of Topliss-reactive ketones (excluding diaryl/α,β-unsaturated/α-hetero) is 1. The van der Waals surface area contributed by atoms with E-state index >= 15 is 0 Å². The van der Waals surface area contributed by atoms with E-state index in [4.69, 9.17) is 23.2 Å². The van der Waals surface area contributed by atoms with Crippen LogP contribution in [0.4, 0.5) is 10.1 Å². The van der Waals surface area contributed by atoms with Gasteiger partial charge in [-0.15, -0.1) is 0 Å². The standard InChI is InChI=1S/C23H20Cl2FNO/c1-14-3-9-19(11-15(14)2)27-22(17-6-10-20(24)21(25)12-17)13-23(28)16-4-7-18(26)8-5-16/h3-12,22,27H,13H2,1-2H3. The van der Waals surface area contributed by atoms with E-state index in [-0.39, 0.29) is 24.1 Å². The van der Waals surface area contributed by atoms with E-state index in [1.165, 1.54) is 29.8 Å². The number of anilines is 1. The van der Waals surface area contributed by atoms with Crippen LogP contribution in [0.3, 0.4) is 0 Å². The number of aryl methyl sites for hydroxylation is 2. The predicted molar refractivity (Wildman–Crippen MR) is 114 cm³/mol. The number of nitrogens with one attached hydrogen (secondary N) is 1. The smallest absolute Gasteiger partial charge is 0.165 e. The molecule has 0 amide bonds. The van der Waals surface area contributed by atoms with Crippen molar-refractivity contribution >= 4 is 34.7 Å². The Balaban J connectivity index is 1.90. The van der Waals surface area contributed by atoms with Crippen LogP contribution >= 0.6 is 23.2 Å². The predicted octanol–water partition coefficient (Wildman–Crippen LogP) is 7.18. The number of benzene rings is 3. The van der Waals surface area contributed by atoms with Gasteiger partial charge in [-0.3, -0.25) is 4.79 Å². The summed E-state index contributed by atoms with van der Waals surface area (Å²) in [4.78, 5) is 12.8. The minimum absolute atomic E-state index is 0.0904. The van der Waals surface area contributed by atoms with Crippen LogP contribution in [-0.2, 0) is 0 Å². The molecule has 2 nitrogen and oxygen atoms in total. The highest BCUT2D eigenvalue weighted by Crippen LogP contribution is 2.30. The molecule has 3 aromatic rings. The Morgan fingerprint density at radius 3 is 2.29 bits per heavy atom. The monoisotopic (exact) mass is 415 g/mol. The molecule has 1 N–H and O–H groups in total. The SMILES string of the molecule is Cc1ccc(NC(CC(=O)c2ccc(F)cc2)c2ccc(Cl)c(Cl)c2)cc1C. The number of hydrogen-bond donors (Lipinski definition) is 1. The maximum atomic E-state index is 13.2. The maximum absolute atomic E-state index is 13.2. The zero-order valence-corrected chi connectivity index (χ0v) is 17.1. The van der Waals surface area contributed by atoms with Gasteiger partial charge in [0.2, 0.25) is 0 Å². The first kappa shape index (κ1) is 20.4. The molecule has 3 rings (SSSR count). The molecule has 0 heterocycles. The highest BCUT2D eigenvalue weighted by molar-refractivity contribution is 6.42. The van der Waals surface area contributed by atoms with Crippen LogP contribution in [0.1, 0.15) is 39.5 Å². The zero-order chi connectivity index (χ0) is 20.3. The lowest BCUT2D eigenvalue weighted by atomic mass is 9.97. The Kier molecular flexibility index (Phi) is 6.38. The molecule has 0 radical (unpaired) electrons. The van der Waals surface area contributed by atoms with Crippen LogP contribution in [0.25, 0.3) is 0 Å². The first-order valence-corrected chi connectivity index (χ1v) is 9.66. The van der Waals surface area contributed by atoms with E-state index in [1.807, 2.05) is 38.1 Å². The molecule has 1 unspecified atom stereocenters. The van der Waals surface area contributed by atoms with Gasteiger partial charge in [-0.05, 0) is 79.1 Å². The molecule has 0 aromatic heterocycles. The van der Waals surface area contributed by atoms with Crippen LogP contribution in [0.2, 0.25) is 10.0 Å². The molecule has 0 aliphatic rings. The Morgan fingerprint density at radius 1 is 0.929 bits per heavy atom.